The van der Waals surface area contributed by atoms with Crippen molar-refractivity contribution in [3.63, 3.8) is 0 Å². The minimum atomic E-state index is -0.0119. The average Bonchev–Trinajstić information content (AvgIpc) is 2.82. The maximum Gasteiger partial charge on any atom is 0.159 e. The van der Waals surface area contributed by atoms with Gasteiger partial charge >= 0.3 is 0 Å². The third-order valence-electron chi connectivity index (χ3n) is 2.69. The van der Waals surface area contributed by atoms with Gasteiger partial charge in [0, 0.05) is 18.2 Å². The average molecular weight is 236 g/mol. The molecule has 0 aliphatic carbocycles. The van der Waals surface area contributed by atoms with Gasteiger partial charge in [0.2, 0.25) is 0 Å². The summed E-state index contributed by atoms with van der Waals surface area (Å²) >= 11 is 6.11. The highest BCUT2D eigenvalue weighted by atomic mass is 35.5. The molecule has 1 fully saturated rings. The van der Waals surface area contributed by atoms with Crippen molar-refractivity contribution >= 4 is 22.5 Å². The highest BCUT2D eigenvalue weighted by Crippen LogP contribution is 2.28. The summed E-state index contributed by atoms with van der Waals surface area (Å²) < 4.78 is 5.54. The van der Waals surface area contributed by atoms with Crippen LogP contribution >= 0.6 is 11.6 Å². The van der Waals surface area contributed by atoms with Gasteiger partial charge in [0.1, 0.15) is 11.3 Å². The van der Waals surface area contributed by atoms with E-state index in [1.165, 1.54) is 0 Å². The molecule has 0 unspecified atom stereocenters. The van der Waals surface area contributed by atoms with Crippen LogP contribution in [0.5, 0.6) is 0 Å². The van der Waals surface area contributed by atoms with Gasteiger partial charge in [0.25, 0.3) is 0 Å². The van der Waals surface area contributed by atoms with Gasteiger partial charge in [-0.05, 0) is 18.9 Å². The Morgan fingerprint density at radius 1 is 1.38 bits per heavy atom. The number of hydrogen-bond donors (Lipinski definition) is 0. The molecule has 4 nitrogen and oxygen atoms in total. The molecule has 5 heteroatoms. The standard InChI is InChI=1S/C11H10ClN3O/c12-10-7-3-4-13-6-8(7)14-11(15-10)9-2-1-5-16-9/h3-4,6,9H,1-2,5H2/t9-/m1/s1. The summed E-state index contributed by atoms with van der Waals surface area (Å²) in [4.78, 5) is 12.8. The van der Waals surface area contributed by atoms with E-state index in [4.69, 9.17) is 16.3 Å². The van der Waals surface area contributed by atoms with Crippen LogP contribution in [0.2, 0.25) is 5.15 Å². The Morgan fingerprint density at radius 3 is 3.12 bits per heavy atom. The molecule has 3 rings (SSSR count). The smallest absolute Gasteiger partial charge is 0.159 e. The second-order valence-electron chi connectivity index (χ2n) is 3.77. The van der Waals surface area contributed by atoms with E-state index in [1.807, 2.05) is 6.07 Å². The number of rotatable bonds is 1. The third-order valence-corrected chi connectivity index (χ3v) is 2.98. The molecule has 82 valence electrons. The lowest BCUT2D eigenvalue weighted by Gasteiger charge is -2.09. The Labute approximate surface area is 97.6 Å². The zero-order chi connectivity index (χ0) is 11.0. The fourth-order valence-corrected chi connectivity index (χ4v) is 2.13. The minimum absolute atomic E-state index is 0.0119. The summed E-state index contributed by atoms with van der Waals surface area (Å²) in [6.07, 6.45) is 5.38. The van der Waals surface area contributed by atoms with Gasteiger partial charge in [0.15, 0.2) is 5.82 Å². The molecule has 2 aromatic heterocycles. The van der Waals surface area contributed by atoms with Gasteiger partial charge in [-0.15, -0.1) is 0 Å². The predicted molar refractivity (Wildman–Crippen MR) is 60.3 cm³/mol. The molecular weight excluding hydrogens is 226 g/mol. The van der Waals surface area contributed by atoms with Gasteiger partial charge in [-0.2, -0.15) is 0 Å². The highest BCUT2D eigenvalue weighted by molar-refractivity contribution is 6.34. The Kier molecular flexibility index (Phi) is 2.46. The molecule has 0 amide bonds. The second-order valence-corrected chi connectivity index (χ2v) is 4.13. The first kappa shape index (κ1) is 9.93. The van der Waals surface area contributed by atoms with Crippen LogP contribution in [0, 0.1) is 0 Å². The van der Waals surface area contributed by atoms with Gasteiger partial charge in [-0.3, -0.25) is 4.98 Å². The zero-order valence-corrected chi connectivity index (χ0v) is 9.31. The summed E-state index contributed by atoms with van der Waals surface area (Å²) in [6.45, 7) is 0.775. The van der Waals surface area contributed by atoms with Crippen molar-refractivity contribution in [3.8, 4) is 0 Å². The zero-order valence-electron chi connectivity index (χ0n) is 8.56. The quantitative estimate of drug-likeness (QED) is 0.713. The van der Waals surface area contributed by atoms with Crippen LogP contribution in [0.25, 0.3) is 10.9 Å². The summed E-state index contributed by atoms with van der Waals surface area (Å²) in [7, 11) is 0. The van der Waals surface area contributed by atoms with E-state index in [2.05, 4.69) is 15.0 Å². The number of hydrogen-bond acceptors (Lipinski definition) is 4. The summed E-state index contributed by atoms with van der Waals surface area (Å²) in [5, 5.41) is 1.30. The van der Waals surface area contributed by atoms with Crippen LogP contribution in [0.15, 0.2) is 18.5 Å². The number of nitrogens with zero attached hydrogens (tertiary/aromatic N) is 3. The molecule has 1 atom stereocenters. The van der Waals surface area contributed by atoms with Crippen LogP contribution in [0.4, 0.5) is 0 Å². The van der Waals surface area contributed by atoms with Crippen molar-refractivity contribution in [3.05, 3.63) is 29.4 Å². The molecule has 0 radical (unpaired) electrons. The monoisotopic (exact) mass is 235 g/mol. The van der Waals surface area contributed by atoms with E-state index in [0.29, 0.717) is 11.0 Å². The molecule has 3 heterocycles. The summed E-state index contributed by atoms with van der Waals surface area (Å²) in [5.41, 5.74) is 0.771. The first-order valence-corrected chi connectivity index (χ1v) is 5.61. The number of halogens is 1. The summed E-state index contributed by atoms with van der Waals surface area (Å²) in [5.74, 6) is 0.669. The number of aromatic nitrogens is 3. The van der Waals surface area contributed by atoms with E-state index < -0.39 is 0 Å². The fraction of sp³-hybridized carbons (Fsp3) is 0.364. The summed E-state index contributed by atoms with van der Waals surface area (Å²) in [6, 6.07) is 1.82. The molecular formula is C11H10ClN3O. The molecule has 1 aliphatic rings. The van der Waals surface area contributed by atoms with Crippen LogP contribution < -0.4 is 0 Å². The van der Waals surface area contributed by atoms with Crippen molar-refractivity contribution in [2.45, 2.75) is 18.9 Å². The lowest BCUT2D eigenvalue weighted by Crippen LogP contribution is -2.03. The van der Waals surface area contributed by atoms with Gasteiger partial charge < -0.3 is 4.74 Å². The normalized spacial score (nSPS) is 20.4. The molecule has 1 aliphatic heterocycles. The van der Waals surface area contributed by atoms with Crippen molar-refractivity contribution in [2.24, 2.45) is 0 Å². The number of pyridine rings is 1. The molecule has 1 saturated heterocycles. The Morgan fingerprint density at radius 2 is 2.31 bits per heavy atom. The Bertz CT molecular complexity index is 526. The van der Waals surface area contributed by atoms with E-state index in [9.17, 15) is 0 Å². The predicted octanol–water partition coefficient (Wildman–Crippen LogP) is 2.53. The molecule has 0 N–H and O–H groups in total. The van der Waals surface area contributed by atoms with Crippen LogP contribution in [-0.2, 0) is 4.74 Å². The van der Waals surface area contributed by atoms with Crippen LogP contribution in [-0.4, -0.2) is 21.6 Å². The fourth-order valence-electron chi connectivity index (χ4n) is 1.88. The maximum absolute atomic E-state index is 6.11. The van der Waals surface area contributed by atoms with Crippen molar-refractivity contribution in [2.75, 3.05) is 6.61 Å². The SMILES string of the molecule is Clc1nc([C@H]2CCCO2)nc2cnccc12. The third kappa shape index (κ3) is 1.64. The van der Waals surface area contributed by atoms with Crippen molar-refractivity contribution < 1.29 is 4.74 Å². The van der Waals surface area contributed by atoms with Crippen LogP contribution in [0.1, 0.15) is 24.8 Å². The van der Waals surface area contributed by atoms with Gasteiger partial charge in [0.05, 0.1) is 11.7 Å². The largest absolute Gasteiger partial charge is 0.370 e. The minimum Gasteiger partial charge on any atom is -0.370 e. The maximum atomic E-state index is 6.11. The molecule has 0 spiro atoms. The number of ether oxygens (including phenoxy) is 1. The Balaban J connectivity index is 2.13. The van der Waals surface area contributed by atoms with Crippen molar-refractivity contribution in [1.29, 1.82) is 0 Å². The van der Waals surface area contributed by atoms with Crippen molar-refractivity contribution in [1.82, 2.24) is 15.0 Å². The molecule has 0 aromatic carbocycles. The van der Waals surface area contributed by atoms with Gasteiger partial charge in [-0.25, -0.2) is 9.97 Å². The second kappa shape index (κ2) is 3.96. The molecule has 2 aromatic rings. The van der Waals surface area contributed by atoms with E-state index in [0.717, 1.165) is 30.4 Å². The molecule has 16 heavy (non-hydrogen) atoms. The topological polar surface area (TPSA) is 47.9 Å². The van der Waals surface area contributed by atoms with E-state index in [1.54, 1.807) is 12.4 Å². The number of fused-ring (bicyclic) bond motifs is 1. The lowest BCUT2D eigenvalue weighted by molar-refractivity contribution is 0.105. The Hall–Kier alpha value is -1.26. The van der Waals surface area contributed by atoms with Gasteiger partial charge in [-0.1, -0.05) is 11.6 Å². The van der Waals surface area contributed by atoms with E-state index >= 15 is 0 Å². The highest BCUT2D eigenvalue weighted by Gasteiger charge is 2.21. The van der Waals surface area contributed by atoms with E-state index in [-0.39, 0.29) is 6.10 Å². The molecule has 0 saturated carbocycles. The first-order valence-electron chi connectivity index (χ1n) is 5.23. The lowest BCUT2D eigenvalue weighted by atomic mass is 10.2. The van der Waals surface area contributed by atoms with Crippen LogP contribution in [0.3, 0.4) is 0 Å². The first-order chi connectivity index (χ1) is 7.84. The molecule has 0 bridgehead atoms.